The van der Waals surface area contributed by atoms with Crippen molar-refractivity contribution in [3.63, 3.8) is 0 Å². The van der Waals surface area contributed by atoms with Gasteiger partial charge >= 0.3 is 13.8 Å². The summed E-state index contributed by atoms with van der Waals surface area (Å²) in [7, 11) is -4.28. The van der Waals surface area contributed by atoms with Gasteiger partial charge in [0, 0.05) is 19.6 Å². The second-order valence-electron chi connectivity index (χ2n) is 12.4. The maximum atomic E-state index is 12.5. The lowest BCUT2D eigenvalue weighted by molar-refractivity contribution is -0.154. The highest BCUT2D eigenvalue weighted by Gasteiger charge is 2.25. The van der Waals surface area contributed by atoms with Gasteiger partial charge in [0.2, 0.25) is 0 Å². The zero-order valence-corrected chi connectivity index (χ0v) is 31.6. The van der Waals surface area contributed by atoms with Crippen LogP contribution in [0.2, 0.25) is 0 Å². The van der Waals surface area contributed by atoms with Crippen LogP contribution in [0.25, 0.3) is 0 Å². The van der Waals surface area contributed by atoms with E-state index in [2.05, 4.69) is 62.5 Å². The van der Waals surface area contributed by atoms with Crippen LogP contribution in [0.3, 0.4) is 0 Å². The lowest BCUT2D eigenvalue weighted by Gasteiger charge is -2.20. The predicted octanol–water partition coefficient (Wildman–Crippen LogP) is 10.9. The van der Waals surface area contributed by atoms with E-state index in [1.165, 1.54) is 77.0 Å². The summed E-state index contributed by atoms with van der Waals surface area (Å²) in [5, 5.41) is 0. The van der Waals surface area contributed by atoms with Crippen LogP contribution in [0, 0.1) is 0 Å². The van der Waals surface area contributed by atoms with Crippen molar-refractivity contribution in [1.82, 2.24) is 0 Å². The van der Waals surface area contributed by atoms with Crippen LogP contribution in [0.5, 0.6) is 0 Å². The van der Waals surface area contributed by atoms with Gasteiger partial charge in [0.1, 0.15) is 6.10 Å². The van der Waals surface area contributed by atoms with Gasteiger partial charge < -0.3 is 20.1 Å². The Hall–Kier alpha value is -1.54. The van der Waals surface area contributed by atoms with Crippen LogP contribution in [0.4, 0.5) is 0 Å². The Bertz CT molecular complexity index is 874. The molecule has 2 atom stereocenters. The lowest BCUT2D eigenvalue weighted by atomic mass is 10.0. The smallest absolute Gasteiger partial charge is 0.457 e. The summed E-state index contributed by atoms with van der Waals surface area (Å²) in [4.78, 5) is 22.4. The molecule has 2 unspecified atom stereocenters. The maximum Gasteiger partial charge on any atom is 0.472 e. The van der Waals surface area contributed by atoms with Gasteiger partial charge in [-0.1, -0.05) is 152 Å². The van der Waals surface area contributed by atoms with Crippen molar-refractivity contribution in [2.75, 3.05) is 33.0 Å². The molecular weight excluding hydrogens is 625 g/mol. The van der Waals surface area contributed by atoms with Gasteiger partial charge in [0.05, 0.1) is 19.8 Å². The number of phosphoric acid groups is 1. The van der Waals surface area contributed by atoms with Gasteiger partial charge in [0.15, 0.2) is 0 Å². The van der Waals surface area contributed by atoms with Crippen molar-refractivity contribution in [3.8, 4) is 0 Å². The number of phosphoric ester groups is 1. The van der Waals surface area contributed by atoms with Crippen LogP contribution < -0.4 is 5.73 Å². The SMILES string of the molecule is CC/C=C\C/C=C\C/C=C\C/C=C\CCCOCC(COP(=O)(O)OCCN)OC(=O)CCCCCCCCCCCCCCCCC. The fraction of sp³-hybridized carbons (Fsp3) is 0.769. The van der Waals surface area contributed by atoms with E-state index in [-0.39, 0.29) is 32.3 Å². The zero-order valence-electron chi connectivity index (χ0n) is 30.7. The molecule has 0 aliphatic rings. The molecule has 0 rings (SSSR count). The summed E-state index contributed by atoms with van der Waals surface area (Å²) in [6.07, 6.45) is 41.4. The Morgan fingerprint density at radius 3 is 1.67 bits per heavy atom. The first-order chi connectivity index (χ1) is 23.4. The minimum atomic E-state index is -4.28. The average molecular weight is 698 g/mol. The molecule has 0 fully saturated rings. The number of allylic oxidation sites excluding steroid dienone is 8. The van der Waals surface area contributed by atoms with Crippen LogP contribution in [-0.4, -0.2) is 49.9 Å². The predicted molar refractivity (Wildman–Crippen MR) is 201 cm³/mol. The summed E-state index contributed by atoms with van der Waals surface area (Å²) < 4.78 is 33.2. The van der Waals surface area contributed by atoms with E-state index in [1.54, 1.807) is 0 Å². The standard InChI is InChI=1S/C39H72NO7P/c1-3-5-7-9-11-13-15-17-19-20-22-24-26-28-30-32-39(41)47-38(37-46-48(42,43)45-35-33-40)36-44-34-31-29-27-25-23-21-18-16-14-12-10-8-6-4-2/h6,8,12,14,18,21,25,27,38H,3-5,7,9-11,13,15-17,19-20,22-24,26,28-37,40H2,1-2H3,(H,42,43)/b8-6-,14-12-,21-18-,27-25-. The van der Waals surface area contributed by atoms with Gasteiger partial charge in [-0.25, -0.2) is 4.57 Å². The molecule has 0 saturated heterocycles. The van der Waals surface area contributed by atoms with Gasteiger partial charge in [-0.2, -0.15) is 0 Å². The molecule has 0 amide bonds. The summed E-state index contributed by atoms with van der Waals surface area (Å²) in [6.45, 7) is 4.65. The molecule has 0 saturated carbocycles. The summed E-state index contributed by atoms with van der Waals surface area (Å²) in [5.41, 5.74) is 5.35. The second kappa shape index (κ2) is 36.7. The van der Waals surface area contributed by atoms with Gasteiger partial charge in [0.25, 0.3) is 0 Å². The lowest BCUT2D eigenvalue weighted by Crippen LogP contribution is -2.28. The van der Waals surface area contributed by atoms with E-state index in [4.69, 9.17) is 24.3 Å². The molecule has 48 heavy (non-hydrogen) atoms. The molecular formula is C39H72NO7P. The summed E-state index contributed by atoms with van der Waals surface area (Å²) in [5.74, 6) is -0.350. The molecule has 0 radical (unpaired) electrons. The molecule has 0 bridgehead atoms. The Balaban J connectivity index is 4.17. The highest BCUT2D eigenvalue weighted by Crippen LogP contribution is 2.43. The number of ether oxygens (including phenoxy) is 2. The minimum absolute atomic E-state index is 0.0791. The van der Waals surface area contributed by atoms with Gasteiger partial charge in [-0.05, 0) is 44.9 Å². The van der Waals surface area contributed by atoms with Crippen molar-refractivity contribution < 1.29 is 32.8 Å². The highest BCUT2D eigenvalue weighted by molar-refractivity contribution is 7.47. The monoisotopic (exact) mass is 698 g/mol. The Morgan fingerprint density at radius 1 is 0.646 bits per heavy atom. The van der Waals surface area contributed by atoms with Crippen molar-refractivity contribution in [2.45, 2.75) is 161 Å². The van der Waals surface area contributed by atoms with Crippen LogP contribution >= 0.6 is 7.82 Å². The third-order valence-electron chi connectivity index (χ3n) is 7.76. The first-order valence-electron chi connectivity index (χ1n) is 19.1. The highest BCUT2D eigenvalue weighted by atomic mass is 31.2. The Morgan fingerprint density at radius 2 is 1.15 bits per heavy atom. The molecule has 0 heterocycles. The second-order valence-corrected chi connectivity index (χ2v) is 13.9. The number of esters is 1. The van der Waals surface area contributed by atoms with Crippen molar-refractivity contribution in [2.24, 2.45) is 5.73 Å². The third-order valence-corrected chi connectivity index (χ3v) is 8.74. The molecule has 3 N–H and O–H groups in total. The van der Waals surface area contributed by atoms with Gasteiger partial charge in [-0.3, -0.25) is 13.8 Å². The van der Waals surface area contributed by atoms with E-state index in [9.17, 15) is 14.3 Å². The first-order valence-corrected chi connectivity index (χ1v) is 20.6. The molecule has 280 valence electrons. The van der Waals surface area contributed by atoms with Crippen LogP contribution in [0.15, 0.2) is 48.6 Å². The number of rotatable bonds is 36. The fourth-order valence-corrected chi connectivity index (χ4v) is 5.77. The number of carbonyl (C=O) groups excluding carboxylic acids is 1. The van der Waals surface area contributed by atoms with Crippen molar-refractivity contribution in [1.29, 1.82) is 0 Å². The minimum Gasteiger partial charge on any atom is -0.457 e. The van der Waals surface area contributed by atoms with Crippen molar-refractivity contribution in [3.05, 3.63) is 48.6 Å². The number of hydrogen-bond donors (Lipinski definition) is 2. The van der Waals surface area contributed by atoms with E-state index < -0.39 is 13.9 Å². The summed E-state index contributed by atoms with van der Waals surface area (Å²) >= 11 is 0. The molecule has 0 aromatic carbocycles. The normalized spacial score (nSPS) is 14.2. The molecule has 9 heteroatoms. The third kappa shape index (κ3) is 35.8. The molecule has 0 aromatic heterocycles. The largest absolute Gasteiger partial charge is 0.472 e. The maximum absolute atomic E-state index is 12.5. The van der Waals surface area contributed by atoms with E-state index in [0.717, 1.165) is 57.8 Å². The number of nitrogens with two attached hydrogens (primary N) is 1. The molecule has 0 aromatic rings. The van der Waals surface area contributed by atoms with E-state index in [1.807, 2.05) is 0 Å². The number of carbonyl (C=O) groups is 1. The quantitative estimate of drug-likeness (QED) is 0.0287. The Labute approximate surface area is 294 Å². The number of unbranched alkanes of at least 4 members (excludes halogenated alkanes) is 15. The summed E-state index contributed by atoms with van der Waals surface area (Å²) in [6, 6.07) is 0. The van der Waals surface area contributed by atoms with Gasteiger partial charge in [-0.15, -0.1) is 0 Å². The first kappa shape index (κ1) is 46.5. The average Bonchev–Trinajstić information content (AvgIpc) is 3.07. The van der Waals surface area contributed by atoms with Crippen LogP contribution in [-0.2, 0) is 27.9 Å². The van der Waals surface area contributed by atoms with Crippen LogP contribution in [0.1, 0.15) is 155 Å². The molecule has 0 spiro atoms. The van der Waals surface area contributed by atoms with E-state index >= 15 is 0 Å². The molecule has 0 aliphatic carbocycles. The molecule has 0 aliphatic heterocycles. The zero-order chi connectivity index (χ0) is 35.2. The van der Waals surface area contributed by atoms with E-state index in [0.29, 0.717) is 13.0 Å². The Kier molecular flexibility index (Phi) is 35.6. The topological polar surface area (TPSA) is 117 Å². The van der Waals surface area contributed by atoms with Crippen molar-refractivity contribution >= 4 is 13.8 Å². The molecule has 8 nitrogen and oxygen atoms in total. The number of hydrogen-bond acceptors (Lipinski definition) is 7. The fourth-order valence-electron chi connectivity index (χ4n) is 5.00.